The normalized spacial score (nSPS) is 17.1. The quantitative estimate of drug-likeness (QED) is 0.760. The number of halogens is 1. The van der Waals surface area contributed by atoms with Crippen molar-refractivity contribution >= 4 is 11.6 Å². The smallest absolute Gasteiger partial charge is 0.158 e. The second-order valence-electron chi connectivity index (χ2n) is 5.46. The van der Waals surface area contributed by atoms with Gasteiger partial charge in [0, 0.05) is 17.1 Å². The highest BCUT2D eigenvalue weighted by Crippen LogP contribution is 2.35. The fraction of sp³-hybridized carbons (Fsp3) is 0.294. The third kappa shape index (κ3) is 2.85. The largest absolute Gasteiger partial charge is 0.504 e. The fourth-order valence-electron chi connectivity index (χ4n) is 2.91. The Labute approximate surface area is 134 Å². The summed E-state index contributed by atoms with van der Waals surface area (Å²) in [6.45, 7) is 0.881. The molecule has 0 spiro atoms. The van der Waals surface area contributed by atoms with Crippen molar-refractivity contribution in [3.63, 3.8) is 0 Å². The van der Waals surface area contributed by atoms with E-state index in [2.05, 4.69) is 17.4 Å². The molecule has 0 fully saturated rings. The standard InChI is InChI=1S/C17H18ClNO3/c1-22-12-2-3-13-10(6-12)4-5-19-15(13)7-11-8-16(20)17(21)9-14(11)18/h2-3,6,8-9,15,19-21H,4-5,7H2,1H3. The molecule has 0 bridgehead atoms. The Balaban J connectivity index is 1.90. The van der Waals surface area contributed by atoms with Gasteiger partial charge >= 0.3 is 0 Å². The van der Waals surface area contributed by atoms with E-state index in [1.165, 1.54) is 23.3 Å². The topological polar surface area (TPSA) is 61.7 Å². The summed E-state index contributed by atoms with van der Waals surface area (Å²) < 4.78 is 5.28. The summed E-state index contributed by atoms with van der Waals surface area (Å²) in [4.78, 5) is 0. The van der Waals surface area contributed by atoms with Crippen LogP contribution in [0.4, 0.5) is 0 Å². The zero-order chi connectivity index (χ0) is 15.7. The first-order valence-corrected chi connectivity index (χ1v) is 7.57. The highest BCUT2D eigenvalue weighted by Gasteiger charge is 2.22. The van der Waals surface area contributed by atoms with Crippen LogP contribution in [-0.4, -0.2) is 23.9 Å². The maximum Gasteiger partial charge on any atom is 0.158 e. The molecule has 5 heteroatoms. The van der Waals surface area contributed by atoms with E-state index in [-0.39, 0.29) is 17.5 Å². The first-order valence-electron chi connectivity index (χ1n) is 7.19. The fourth-order valence-corrected chi connectivity index (χ4v) is 3.14. The van der Waals surface area contributed by atoms with Crippen molar-refractivity contribution in [2.75, 3.05) is 13.7 Å². The third-order valence-electron chi connectivity index (χ3n) is 4.08. The highest BCUT2D eigenvalue weighted by atomic mass is 35.5. The van der Waals surface area contributed by atoms with Crippen LogP contribution in [0, 0.1) is 0 Å². The van der Waals surface area contributed by atoms with Gasteiger partial charge in [0.2, 0.25) is 0 Å². The number of phenols is 2. The Bertz CT molecular complexity index is 703. The second kappa shape index (κ2) is 6.07. The molecule has 0 aromatic heterocycles. The average Bonchev–Trinajstić information content (AvgIpc) is 2.52. The molecule has 0 saturated carbocycles. The van der Waals surface area contributed by atoms with Crippen LogP contribution in [-0.2, 0) is 12.8 Å². The van der Waals surface area contributed by atoms with E-state index in [4.69, 9.17) is 16.3 Å². The Morgan fingerprint density at radius 2 is 2.00 bits per heavy atom. The van der Waals surface area contributed by atoms with Crippen molar-refractivity contribution in [2.24, 2.45) is 0 Å². The van der Waals surface area contributed by atoms with Crippen LogP contribution < -0.4 is 10.1 Å². The van der Waals surface area contributed by atoms with Crippen molar-refractivity contribution in [1.29, 1.82) is 0 Å². The summed E-state index contributed by atoms with van der Waals surface area (Å²) >= 11 is 6.18. The summed E-state index contributed by atoms with van der Waals surface area (Å²) in [5.74, 6) is 0.514. The molecule has 0 amide bonds. The summed E-state index contributed by atoms with van der Waals surface area (Å²) in [5.41, 5.74) is 3.29. The van der Waals surface area contributed by atoms with Gasteiger partial charge in [0.05, 0.1) is 7.11 Å². The van der Waals surface area contributed by atoms with Gasteiger partial charge in [0.25, 0.3) is 0 Å². The minimum atomic E-state index is -0.199. The molecule has 1 unspecified atom stereocenters. The van der Waals surface area contributed by atoms with Crippen LogP contribution in [0.3, 0.4) is 0 Å². The molecule has 1 atom stereocenters. The van der Waals surface area contributed by atoms with Gasteiger partial charge in [-0.15, -0.1) is 0 Å². The summed E-state index contributed by atoms with van der Waals surface area (Å²) in [6, 6.07) is 9.12. The van der Waals surface area contributed by atoms with Crippen molar-refractivity contribution in [3.8, 4) is 17.2 Å². The molecule has 22 heavy (non-hydrogen) atoms. The molecule has 1 aliphatic rings. The van der Waals surface area contributed by atoms with Gasteiger partial charge < -0.3 is 20.3 Å². The highest BCUT2D eigenvalue weighted by molar-refractivity contribution is 6.31. The van der Waals surface area contributed by atoms with Gasteiger partial charge in [-0.2, -0.15) is 0 Å². The zero-order valence-corrected chi connectivity index (χ0v) is 13.0. The molecule has 3 N–H and O–H groups in total. The lowest BCUT2D eigenvalue weighted by Crippen LogP contribution is -2.31. The van der Waals surface area contributed by atoms with Gasteiger partial charge in [-0.3, -0.25) is 0 Å². The minimum Gasteiger partial charge on any atom is -0.504 e. The van der Waals surface area contributed by atoms with E-state index >= 15 is 0 Å². The van der Waals surface area contributed by atoms with Gasteiger partial charge in [0.15, 0.2) is 11.5 Å². The number of phenolic OH excluding ortho intramolecular Hbond substituents is 2. The monoisotopic (exact) mass is 319 g/mol. The van der Waals surface area contributed by atoms with Gasteiger partial charge in [-0.05, 0) is 54.3 Å². The summed E-state index contributed by atoms with van der Waals surface area (Å²) in [6.07, 6.45) is 1.60. The van der Waals surface area contributed by atoms with Crippen LogP contribution in [0.15, 0.2) is 30.3 Å². The van der Waals surface area contributed by atoms with E-state index in [0.717, 1.165) is 24.3 Å². The predicted molar refractivity (Wildman–Crippen MR) is 85.9 cm³/mol. The number of nitrogens with one attached hydrogen (secondary N) is 1. The van der Waals surface area contributed by atoms with E-state index in [1.807, 2.05) is 6.07 Å². The lowest BCUT2D eigenvalue weighted by atomic mass is 9.90. The van der Waals surface area contributed by atoms with Crippen LogP contribution in [0.25, 0.3) is 0 Å². The third-order valence-corrected chi connectivity index (χ3v) is 4.43. The van der Waals surface area contributed by atoms with Crippen molar-refractivity contribution in [3.05, 3.63) is 52.0 Å². The molecule has 0 saturated heterocycles. The number of methoxy groups -OCH3 is 1. The average molecular weight is 320 g/mol. The van der Waals surface area contributed by atoms with Crippen molar-refractivity contribution < 1.29 is 14.9 Å². The Morgan fingerprint density at radius 1 is 1.23 bits per heavy atom. The van der Waals surface area contributed by atoms with Crippen LogP contribution in [0.2, 0.25) is 5.02 Å². The van der Waals surface area contributed by atoms with Gasteiger partial charge in [0.1, 0.15) is 5.75 Å². The number of benzene rings is 2. The SMILES string of the molecule is COc1ccc2c(c1)CCNC2Cc1cc(O)c(O)cc1Cl. The molecule has 0 aliphatic carbocycles. The van der Waals surface area contributed by atoms with Crippen LogP contribution in [0.5, 0.6) is 17.2 Å². The first kappa shape index (κ1) is 15.0. The molecule has 4 nitrogen and oxygen atoms in total. The maximum atomic E-state index is 9.67. The minimum absolute atomic E-state index is 0.121. The van der Waals surface area contributed by atoms with Crippen LogP contribution in [0.1, 0.15) is 22.7 Å². The number of ether oxygens (including phenoxy) is 1. The van der Waals surface area contributed by atoms with Crippen LogP contribution >= 0.6 is 11.6 Å². The molecule has 116 valence electrons. The zero-order valence-electron chi connectivity index (χ0n) is 12.3. The van der Waals surface area contributed by atoms with Gasteiger partial charge in [-0.1, -0.05) is 17.7 Å². The second-order valence-corrected chi connectivity index (χ2v) is 5.87. The molecule has 3 rings (SSSR count). The summed E-state index contributed by atoms with van der Waals surface area (Å²) in [7, 11) is 1.67. The molecular weight excluding hydrogens is 302 g/mol. The van der Waals surface area contributed by atoms with Crippen molar-refractivity contribution in [1.82, 2.24) is 5.32 Å². The van der Waals surface area contributed by atoms with Crippen molar-refractivity contribution in [2.45, 2.75) is 18.9 Å². The lowest BCUT2D eigenvalue weighted by molar-refractivity contribution is 0.402. The van der Waals surface area contributed by atoms with E-state index in [9.17, 15) is 10.2 Å². The number of aromatic hydroxyl groups is 2. The van der Waals surface area contributed by atoms with E-state index in [1.54, 1.807) is 7.11 Å². The molecule has 2 aromatic rings. The molecule has 2 aromatic carbocycles. The Hall–Kier alpha value is -1.91. The predicted octanol–water partition coefficient (Wildman–Crippen LogP) is 3.19. The molecule has 1 aliphatic heterocycles. The lowest BCUT2D eigenvalue weighted by Gasteiger charge is -2.28. The first-order chi connectivity index (χ1) is 10.6. The Morgan fingerprint density at radius 3 is 2.77 bits per heavy atom. The van der Waals surface area contributed by atoms with Gasteiger partial charge in [-0.25, -0.2) is 0 Å². The number of rotatable bonds is 3. The van der Waals surface area contributed by atoms with E-state index in [0.29, 0.717) is 11.4 Å². The number of hydrogen-bond donors (Lipinski definition) is 3. The number of fused-ring (bicyclic) bond motifs is 1. The summed E-state index contributed by atoms with van der Waals surface area (Å²) in [5, 5.41) is 23.1. The molecular formula is C17H18ClNO3. The van der Waals surface area contributed by atoms with E-state index < -0.39 is 0 Å². The molecule has 1 heterocycles. The maximum absolute atomic E-state index is 9.67. The Kier molecular flexibility index (Phi) is 4.14. The molecule has 0 radical (unpaired) electrons. The number of hydrogen-bond acceptors (Lipinski definition) is 4.